The van der Waals surface area contributed by atoms with E-state index in [9.17, 15) is 4.79 Å². The molecule has 0 aliphatic carbocycles. The molecule has 2 N–H and O–H groups in total. The van der Waals surface area contributed by atoms with Crippen LogP contribution in [0.1, 0.15) is 6.92 Å². The molecule has 2 aromatic heterocycles. The van der Waals surface area contributed by atoms with Crippen LogP contribution in [0.15, 0.2) is 59.1 Å². The summed E-state index contributed by atoms with van der Waals surface area (Å²) in [6, 6.07) is 13.3. The Labute approximate surface area is 209 Å². The highest BCUT2D eigenvalue weighted by molar-refractivity contribution is 7.80. The zero-order valence-corrected chi connectivity index (χ0v) is 20.0. The average molecular weight is 522 g/mol. The minimum Gasteiger partial charge on any atom is -0.479 e. The van der Waals surface area contributed by atoms with E-state index >= 15 is 0 Å². The first-order valence-electron chi connectivity index (χ1n) is 9.55. The number of hydrogen-bond donors (Lipinski definition) is 2. The van der Waals surface area contributed by atoms with Crippen molar-refractivity contribution in [1.29, 1.82) is 0 Å². The predicted octanol–water partition coefficient (Wildman–Crippen LogP) is 6.13. The number of ether oxygens (including phenoxy) is 1. The van der Waals surface area contributed by atoms with Crippen LogP contribution in [0, 0.1) is 0 Å². The molecule has 0 saturated heterocycles. The number of halogens is 3. The second-order valence-corrected chi connectivity index (χ2v) is 8.48. The van der Waals surface area contributed by atoms with Crippen molar-refractivity contribution in [3.63, 3.8) is 0 Å². The molecule has 1 atom stereocenters. The summed E-state index contributed by atoms with van der Waals surface area (Å²) >= 11 is 23.6. The van der Waals surface area contributed by atoms with Gasteiger partial charge in [0, 0.05) is 16.9 Å². The smallest absolute Gasteiger partial charge is 0.266 e. The number of carbonyl (C=O) groups is 1. The van der Waals surface area contributed by atoms with Gasteiger partial charge in [-0.3, -0.25) is 10.1 Å². The summed E-state index contributed by atoms with van der Waals surface area (Å²) in [4.78, 5) is 21.0. The molecule has 2 heterocycles. The van der Waals surface area contributed by atoms with Crippen molar-refractivity contribution in [1.82, 2.24) is 15.3 Å². The summed E-state index contributed by atoms with van der Waals surface area (Å²) in [5, 5.41) is 6.79. The summed E-state index contributed by atoms with van der Waals surface area (Å²) in [6.07, 6.45) is 0.762. The summed E-state index contributed by atoms with van der Waals surface area (Å²) in [7, 11) is 0. The molecular formula is C22H15Cl3N4O3S. The highest BCUT2D eigenvalue weighted by atomic mass is 35.5. The molecule has 0 spiro atoms. The maximum Gasteiger partial charge on any atom is 0.266 e. The molecule has 168 valence electrons. The van der Waals surface area contributed by atoms with E-state index in [-0.39, 0.29) is 5.11 Å². The Balaban J connectivity index is 1.42. The Morgan fingerprint density at radius 2 is 1.94 bits per heavy atom. The van der Waals surface area contributed by atoms with E-state index < -0.39 is 12.0 Å². The Hall–Kier alpha value is -2.91. The lowest BCUT2D eigenvalue weighted by Crippen LogP contribution is -2.42. The number of carbonyl (C=O) groups excluding carboxylic acids is 1. The molecule has 0 saturated carbocycles. The SMILES string of the molecule is CC(Oc1ccc(Cl)cc1Cl)C(=O)NC(=S)Nc1ccc(Cl)c(-c2nc3ncccc3o2)c1. The average Bonchev–Trinajstić information content (AvgIpc) is 3.21. The van der Waals surface area contributed by atoms with Crippen molar-refractivity contribution in [3.05, 3.63) is 69.8 Å². The molecule has 33 heavy (non-hydrogen) atoms. The first kappa shape index (κ1) is 23.3. The topological polar surface area (TPSA) is 89.3 Å². The molecule has 0 aliphatic rings. The fourth-order valence-corrected chi connectivity index (χ4v) is 3.71. The van der Waals surface area contributed by atoms with E-state index in [0.717, 1.165) is 0 Å². The molecule has 0 radical (unpaired) electrons. The van der Waals surface area contributed by atoms with Gasteiger partial charge in [0.05, 0.1) is 15.6 Å². The number of thiocarbonyl (C=S) groups is 1. The number of oxazole rings is 1. The number of fused-ring (bicyclic) bond motifs is 1. The van der Waals surface area contributed by atoms with Crippen LogP contribution >= 0.6 is 47.0 Å². The van der Waals surface area contributed by atoms with Crippen LogP contribution in [-0.4, -0.2) is 27.1 Å². The molecular weight excluding hydrogens is 507 g/mol. The van der Waals surface area contributed by atoms with Crippen LogP contribution < -0.4 is 15.4 Å². The first-order valence-corrected chi connectivity index (χ1v) is 11.1. The minimum atomic E-state index is -0.864. The van der Waals surface area contributed by atoms with Crippen LogP contribution in [0.4, 0.5) is 5.69 Å². The zero-order chi connectivity index (χ0) is 23.5. The predicted molar refractivity (Wildman–Crippen MR) is 133 cm³/mol. The highest BCUT2D eigenvalue weighted by Gasteiger charge is 2.18. The second kappa shape index (κ2) is 9.93. The largest absolute Gasteiger partial charge is 0.479 e. The van der Waals surface area contributed by atoms with Crippen molar-refractivity contribution in [3.8, 4) is 17.2 Å². The summed E-state index contributed by atoms with van der Waals surface area (Å²) in [5.41, 5.74) is 2.13. The van der Waals surface area contributed by atoms with Crippen molar-refractivity contribution < 1.29 is 13.9 Å². The Kier molecular flexibility index (Phi) is 6.99. The number of aromatic nitrogens is 2. The summed E-state index contributed by atoms with van der Waals surface area (Å²) in [5.74, 6) is 0.185. The number of benzene rings is 2. The molecule has 11 heteroatoms. The number of hydrogen-bond acceptors (Lipinski definition) is 6. The number of pyridine rings is 1. The molecule has 1 amide bonds. The van der Waals surface area contributed by atoms with Gasteiger partial charge in [0.2, 0.25) is 5.89 Å². The number of rotatable bonds is 5. The van der Waals surface area contributed by atoms with Crippen molar-refractivity contribution in [2.45, 2.75) is 13.0 Å². The van der Waals surface area contributed by atoms with Gasteiger partial charge in [-0.1, -0.05) is 34.8 Å². The Morgan fingerprint density at radius 1 is 1.12 bits per heavy atom. The van der Waals surface area contributed by atoms with Gasteiger partial charge in [-0.25, -0.2) is 4.98 Å². The third kappa shape index (κ3) is 5.54. The minimum absolute atomic E-state index is 0.0742. The summed E-state index contributed by atoms with van der Waals surface area (Å²) < 4.78 is 11.3. The lowest BCUT2D eigenvalue weighted by molar-refractivity contribution is -0.125. The number of amides is 1. The number of nitrogens with one attached hydrogen (secondary N) is 2. The second-order valence-electron chi connectivity index (χ2n) is 6.82. The van der Waals surface area contributed by atoms with Gasteiger partial charge in [-0.2, -0.15) is 4.98 Å². The van der Waals surface area contributed by atoms with E-state index in [1.54, 1.807) is 55.6 Å². The number of nitrogens with zero attached hydrogens (tertiary/aromatic N) is 2. The fraction of sp³-hybridized carbons (Fsp3) is 0.0909. The molecule has 7 nitrogen and oxygen atoms in total. The van der Waals surface area contributed by atoms with Gasteiger partial charge in [0.25, 0.3) is 5.91 Å². The van der Waals surface area contributed by atoms with Gasteiger partial charge in [-0.15, -0.1) is 0 Å². The highest BCUT2D eigenvalue weighted by Crippen LogP contribution is 2.32. The monoisotopic (exact) mass is 520 g/mol. The van der Waals surface area contributed by atoms with Gasteiger partial charge in [-0.05, 0) is 67.7 Å². The number of anilines is 1. The molecule has 4 aromatic rings. The fourth-order valence-electron chi connectivity index (χ4n) is 2.84. The van der Waals surface area contributed by atoms with Gasteiger partial charge in [0.15, 0.2) is 22.4 Å². The van der Waals surface area contributed by atoms with Crippen LogP contribution in [0.25, 0.3) is 22.7 Å². The maximum atomic E-state index is 12.5. The Bertz CT molecular complexity index is 1330. The van der Waals surface area contributed by atoms with E-state index in [0.29, 0.717) is 49.2 Å². The zero-order valence-electron chi connectivity index (χ0n) is 16.9. The van der Waals surface area contributed by atoms with E-state index in [4.69, 9.17) is 56.2 Å². The van der Waals surface area contributed by atoms with Crippen molar-refractivity contribution in [2.24, 2.45) is 0 Å². The Morgan fingerprint density at radius 3 is 2.70 bits per heavy atom. The molecule has 1 unspecified atom stereocenters. The van der Waals surface area contributed by atoms with Crippen LogP contribution in [0.5, 0.6) is 5.75 Å². The van der Waals surface area contributed by atoms with Gasteiger partial charge in [0.1, 0.15) is 5.75 Å². The maximum absolute atomic E-state index is 12.5. The normalized spacial score (nSPS) is 11.8. The van der Waals surface area contributed by atoms with Crippen molar-refractivity contribution >= 4 is 75.0 Å². The van der Waals surface area contributed by atoms with E-state index in [1.807, 2.05) is 0 Å². The molecule has 0 bridgehead atoms. The summed E-state index contributed by atoms with van der Waals surface area (Å²) in [6.45, 7) is 1.57. The molecule has 0 aliphatic heterocycles. The third-order valence-electron chi connectivity index (χ3n) is 4.42. The lowest BCUT2D eigenvalue weighted by atomic mass is 10.2. The first-order chi connectivity index (χ1) is 15.8. The molecule has 2 aromatic carbocycles. The van der Waals surface area contributed by atoms with Crippen LogP contribution in [0.2, 0.25) is 15.1 Å². The van der Waals surface area contributed by atoms with Gasteiger partial charge >= 0.3 is 0 Å². The van der Waals surface area contributed by atoms with Crippen LogP contribution in [0.3, 0.4) is 0 Å². The van der Waals surface area contributed by atoms with Crippen LogP contribution in [-0.2, 0) is 4.79 Å². The van der Waals surface area contributed by atoms with Gasteiger partial charge < -0.3 is 14.5 Å². The van der Waals surface area contributed by atoms with E-state index in [2.05, 4.69) is 20.6 Å². The molecule has 4 rings (SSSR count). The quantitative estimate of drug-likeness (QED) is 0.305. The molecule has 0 fully saturated rings. The van der Waals surface area contributed by atoms with Crippen molar-refractivity contribution in [2.75, 3.05) is 5.32 Å². The third-order valence-corrected chi connectivity index (χ3v) is 5.49. The standard InChI is InChI=1S/C22H15Cl3N4O3S/c1-11(31-17-7-4-12(23)9-16(17)25)20(30)29-22(33)27-13-5-6-15(24)14(10-13)21-28-19-18(32-21)3-2-8-26-19/h2-11H,1H3,(H2,27,29,30,33). The van der Waals surface area contributed by atoms with E-state index in [1.165, 1.54) is 6.07 Å². The lowest BCUT2D eigenvalue weighted by Gasteiger charge is -2.17.